The monoisotopic (exact) mass is 222 g/mol. The van der Waals surface area contributed by atoms with Crippen LogP contribution in [-0.2, 0) is 0 Å². The van der Waals surface area contributed by atoms with E-state index >= 15 is 0 Å². The summed E-state index contributed by atoms with van der Waals surface area (Å²) in [6.07, 6.45) is 1.59. The number of phenols is 1. The number of benzene rings is 1. The lowest BCUT2D eigenvalue weighted by molar-refractivity contribution is 0.101. The summed E-state index contributed by atoms with van der Waals surface area (Å²) < 4.78 is 10.3. The molecule has 4 heteroatoms. The second-order valence-corrected chi connectivity index (χ2v) is 3.18. The Morgan fingerprint density at radius 1 is 1.56 bits per heavy atom. The fraction of sp³-hybridized carbons (Fsp3) is 0.250. The average molecular weight is 222 g/mol. The van der Waals surface area contributed by atoms with Gasteiger partial charge in [0.05, 0.1) is 7.11 Å². The third-order valence-corrected chi connectivity index (χ3v) is 1.99. The fourth-order valence-corrected chi connectivity index (χ4v) is 1.33. The third-order valence-electron chi connectivity index (χ3n) is 1.99. The number of carbonyl (C=O) groups excluding carboxylic acids is 1. The number of Topliss-reactive ketones (excluding diaryl/α,β-unsaturated/α-hetero) is 1. The van der Waals surface area contributed by atoms with E-state index in [1.807, 2.05) is 0 Å². The quantitative estimate of drug-likeness (QED) is 0.612. The van der Waals surface area contributed by atoms with Gasteiger partial charge in [-0.1, -0.05) is 12.7 Å². The molecule has 0 spiro atoms. The molecule has 16 heavy (non-hydrogen) atoms. The minimum Gasteiger partial charge on any atom is -0.507 e. The van der Waals surface area contributed by atoms with Crippen LogP contribution in [0.3, 0.4) is 0 Å². The first kappa shape index (κ1) is 12.1. The van der Waals surface area contributed by atoms with Gasteiger partial charge in [0.15, 0.2) is 5.78 Å². The van der Waals surface area contributed by atoms with E-state index in [0.29, 0.717) is 18.1 Å². The van der Waals surface area contributed by atoms with Crippen LogP contribution < -0.4 is 9.47 Å². The van der Waals surface area contributed by atoms with Crippen LogP contribution in [0.15, 0.2) is 24.8 Å². The molecule has 0 amide bonds. The van der Waals surface area contributed by atoms with Crippen molar-refractivity contribution in [2.75, 3.05) is 13.7 Å². The number of carbonyl (C=O) groups is 1. The number of aromatic hydroxyl groups is 1. The van der Waals surface area contributed by atoms with E-state index in [1.54, 1.807) is 12.1 Å². The van der Waals surface area contributed by atoms with E-state index in [9.17, 15) is 9.90 Å². The van der Waals surface area contributed by atoms with Crippen molar-refractivity contribution < 1.29 is 19.4 Å². The van der Waals surface area contributed by atoms with E-state index in [-0.39, 0.29) is 17.1 Å². The van der Waals surface area contributed by atoms with Crippen LogP contribution in [0.25, 0.3) is 0 Å². The van der Waals surface area contributed by atoms with Gasteiger partial charge in [-0.15, -0.1) is 0 Å². The third kappa shape index (κ3) is 2.53. The summed E-state index contributed by atoms with van der Waals surface area (Å²) in [7, 11) is 1.43. The molecular weight excluding hydrogens is 208 g/mol. The molecule has 86 valence electrons. The summed E-state index contributed by atoms with van der Waals surface area (Å²) in [5.41, 5.74) is 0.161. The van der Waals surface area contributed by atoms with Crippen molar-refractivity contribution in [1.29, 1.82) is 0 Å². The second-order valence-electron chi connectivity index (χ2n) is 3.18. The molecule has 0 aliphatic heterocycles. The van der Waals surface area contributed by atoms with Crippen molar-refractivity contribution in [1.82, 2.24) is 0 Å². The summed E-state index contributed by atoms with van der Waals surface area (Å²) >= 11 is 0. The lowest BCUT2D eigenvalue weighted by atomic mass is 10.1. The summed E-state index contributed by atoms with van der Waals surface area (Å²) in [4.78, 5) is 11.3. The lowest BCUT2D eigenvalue weighted by Gasteiger charge is -2.11. The highest BCUT2D eigenvalue weighted by molar-refractivity contribution is 5.99. The Morgan fingerprint density at radius 3 is 2.75 bits per heavy atom. The predicted octanol–water partition coefficient (Wildman–Crippen LogP) is 2.17. The SMILES string of the molecule is C=CCOc1cc(O)c(C(C)=O)c(OC)c1. The van der Waals surface area contributed by atoms with E-state index in [0.717, 1.165) is 0 Å². The molecule has 1 aromatic rings. The minimum absolute atomic E-state index is 0.147. The Balaban J connectivity index is 3.15. The minimum atomic E-state index is -0.260. The van der Waals surface area contributed by atoms with Crippen LogP contribution >= 0.6 is 0 Å². The molecule has 1 N–H and O–H groups in total. The van der Waals surface area contributed by atoms with Gasteiger partial charge in [-0.3, -0.25) is 4.79 Å². The molecule has 0 fully saturated rings. The zero-order chi connectivity index (χ0) is 12.1. The molecule has 0 unspecified atom stereocenters. The largest absolute Gasteiger partial charge is 0.507 e. The number of hydrogen-bond donors (Lipinski definition) is 1. The second kappa shape index (κ2) is 5.21. The van der Waals surface area contributed by atoms with Gasteiger partial charge < -0.3 is 14.6 Å². The van der Waals surface area contributed by atoms with E-state index in [4.69, 9.17) is 9.47 Å². The number of methoxy groups -OCH3 is 1. The molecular formula is C12H14O4. The Morgan fingerprint density at radius 2 is 2.25 bits per heavy atom. The maximum absolute atomic E-state index is 11.3. The highest BCUT2D eigenvalue weighted by Gasteiger charge is 2.15. The summed E-state index contributed by atoms with van der Waals surface area (Å²) in [6, 6.07) is 2.93. The van der Waals surface area contributed by atoms with Gasteiger partial charge in [0, 0.05) is 12.1 Å². The molecule has 0 saturated heterocycles. The Hall–Kier alpha value is -1.97. The molecule has 0 radical (unpaired) electrons. The standard InChI is InChI=1S/C12H14O4/c1-4-5-16-9-6-10(14)12(8(2)13)11(7-9)15-3/h4,6-7,14H,1,5H2,2-3H3. The highest BCUT2D eigenvalue weighted by atomic mass is 16.5. The van der Waals surface area contributed by atoms with Gasteiger partial charge in [-0.25, -0.2) is 0 Å². The summed E-state index contributed by atoms with van der Waals surface area (Å²) in [5.74, 6) is 0.321. The maximum atomic E-state index is 11.3. The van der Waals surface area contributed by atoms with Crippen molar-refractivity contribution in [3.8, 4) is 17.2 Å². The summed E-state index contributed by atoms with van der Waals surface area (Å²) in [5, 5.41) is 9.67. The van der Waals surface area contributed by atoms with Crippen molar-refractivity contribution in [2.45, 2.75) is 6.92 Å². The molecule has 0 aliphatic carbocycles. The van der Waals surface area contributed by atoms with E-state index in [1.165, 1.54) is 20.1 Å². The summed E-state index contributed by atoms with van der Waals surface area (Å²) in [6.45, 7) is 5.20. The van der Waals surface area contributed by atoms with Crippen LogP contribution in [0.1, 0.15) is 17.3 Å². The topological polar surface area (TPSA) is 55.8 Å². The zero-order valence-electron chi connectivity index (χ0n) is 9.32. The molecule has 0 aromatic heterocycles. The first-order valence-electron chi connectivity index (χ1n) is 4.75. The highest BCUT2D eigenvalue weighted by Crippen LogP contribution is 2.33. The van der Waals surface area contributed by atoms with Crippen LogP contribution in [-0.4, -0.2) is 24.6 Å². The molecule has 0 heterocycles. The van der Waals surface area contributed by atoms with Gasteiger partial charge in [-0.05, 0) is 6.92 Å². The van der Waals surface area contributed by atoms with Crippen molar-refractivity contribution >= 4 is 5.78 Å². The molecule has 0 bridgehead atoms. The van der Waals surface area contributed by atoms with Gasteiger partial charge in [-0.2, -0.15) is 0 Å². The Kier molecular flexibility index (Phi) is 3.94. The van der Waals surface area contributed by atoms with Gasteiger partial charge >= 0.3 is 0 Å². The molecule has 4 nitrogen and oxygen atoms in total. The van der Waals surface area contributed by atoms with Gasteiger partial charge in [0.1, 0.15) is 29.4 Å². The van der Waals surface area contributed by atoms with Crippen molar-refractivity contribution in [2.24, 2.45) is 0 Å². The Bertz CT molecular complexity index is 410. The number of phenolic OH excluding ortho intramolecular Hbond substituents is 1. The lowest BCUT2D eigenvalue weighted by Crippen LogP contribution is -2.00. The van der Waals surface area contributed by atoms with E-state index < -0.39 is 0 Å². The predicted molar refractivity (Wildman–Crippen MR) is 60.4 cm³/mol. The van der Waals surface area contributed by atoms with Crippen molar-refractivity contribution in [3.05, 3.63) is 30.4 Å². The molecule has 1 aromatic carbocycles. The van der Waals surface area contributed by atoms with Crippen LogP contribution in [0.2, 0.25) is 0 Å². The molecule has 0 aliphatic rings. The average Bonchev–Trinajstić information content (AvgIpc) is 2.24. The van der Waals surface area contributed by atoms with E-state index in [2.05, 4.69) is 6.58 Å². The number of hydrogen-bond acceptors (Lipinski definition) is 4. The smallest absolute Gasteiger partial charge is 0.167 e. The van der Waals surface area contributed by atoms with Crippen LogP contribution in [0.5, 0.6) is 17.2 Å². The molecule has 0 atom stereocenters. The van der Waals surface area contributed by atoms with Crippen LogP contribution in [0.4, 0.5) is 0 Å². The van der Waals surface area contributed by atoms with Gasteiger partial charge in [0.25, 0.3) is 0 Å². The Labute approximate surface area is 94.1 Å². The molecule has 0 saturated carbocycles. The van der Waals surface area contributed by atoms with Crippen molar-refractivity contribution in [3.63, 3.8) is 0 Å². The number of ether oxygens (including phenoxy) is 2. The fourth-order valence-electron chi connectivity index (χ4n) is 1.33. The zero-order valence-corrected chi connectivity index (χ0v) is 9.32. The maximum Gasteiger partial charge on any atom is 0.167 e. The number of ketones is 1. The number of rotatable bonds is 5. The normalized spacial score (nSPS) is 9.62. The first-order valence-corrected chi connectivity index (χ1v) is 4.75. The van der Waals surface area contributed by atoms with Crippen LogP contribution in [0, 0.1) is 0 Å². The first-order chi connectivity index (χ1) is 7.60. The van der Waals surface area contributed by atoms with Gasteiger partial charge in [0.2, 0.25) is 0 Å². The molecule has 1 rings (SSSR count).